The van der Waals surface area contributed by atoms with Gasteiger partial charge in [0.2, 0.25) is 0 Å². The minimum Gasteiger partial charge on any atom is -0.490 e. The van der Waals surface area contributed by atoms with Crippen molar-refractivity contribution in [2.45, 2.75) is 6.92 Å². The molecule has 1 aliphatic rings. The maximum absolute atomic E-state index is 12.9. The van der Waals surface area contributed by atoms with Gasteiger partial charge in [0.15, 0.2) is 22.4 Å². The second-order valence-corrected chi connectivity index (χ2v) is 8.64. The number of carbonyl (C=O) groups is 1. The van der Waals surface area contributed by atoms with Crippen LogP contribution in [0.4, 0.5) is 5.69 Å². The lowest BCUT2D eigenvalue weighted by molar-refractivity contribution is -0.113. The first-order valence-corrected chi connectivity index (χ1v) is 10.8. The molecule has 5 nitrogen and oxygen atoms in total. The highest BCUT2D eigenvalue weighted by Crippen LogP contribution is 2.38. The molecule has 0 atom stereocenters. The topological polar surface area (TPSA) is 62.6 Å². The molecule has 1 fully saturated rings. The van der Waals surface area contributed by atoms with E-state index in [9.17, 15) is 4.79 Å². The van der Waals surface area contributed by atoms with E-state index in [4.69, 9.17) is 38.6 Å². The molecule has 1 amide bonds. The van der Waals surface area contributed by atoms with Crippen LogP contribution in [0.5, 0.6) is 11.5 Å². The highest BCUT2D eigenvalue weighted by atomic mass is 79.9. The fourth-order valence-electron chi connectivity index (χ4n) is 2.58. The average Bonchev–Trinajstić information content (AvgIpc) is 2.97. The summed E-state index contributed by atoms with van der Waals surface area (Å²) in [6.45, 7) is 2.22. The average molecular weight is 510 g/mol. The lowest BCUT2D eigenvalue weighted by Crippen LogP contribution is -2.27. The van der Waals surface area contributed by atoms with Gasteiger partial charge in [-0.25, -0.2) is 0 Å². The van der Waals surface area contributed by atoms with Crippen LogP contribution in [-0.4, -0.2) is 23.4 Å². The number of hydrogen-bond donors (Lipinski definition) is 0. The molecule has 0 spiro atoms. The highest BCUT2D eigenvalue weighted by molar-refractivity contribution is 9.10. The molecule has 0 aromatic heterocycles. The second kappa shape index (κ2) is 9.63. The molecule has 0 N–H and O–H groups in total. The molecule has 2 aromatic carbocycles. The van der Waals surface area contributed by atoms with Crippen LogP contribution in [0.15, 0.2) is 45.8 Å². The van der Waals surface area contributed by atoms with Crippen molar-refractivity contribution >= 4 is 73.5 Å². The van der Waals surface area contributed by atoms with Crippen molar-refractivity contribution in [1.82, 2.24) is 0 Å². The zero-order chi connectivity index (χ0) is 21.0. The van der Waals surface area contributed by atoms with E-state index in [1.165, 1.54) is 16.7 Å². The number of anilines is 1. The Morgan fingerprint density at radius 3 is 2.76 bits per heavy atom. The number of nitriles is 1. The molecular weight excluding hydrogens is 496 g/mol. The Morgan fingerprint density at radius 1 is 1.28 bits per heavy atom. The van der Waals surface area contributed by atoms with E-state index in [-0.39, 0.29) is 12.5 Å². The second-order valence-electron chi connectivity index (χ2n) is 5.70. The summed E-state index contributed by atoms with van der Waals surface area (Å²) in [5.41, 5.74) is 1.37. The summed E-state index contributed by atoms with van der Waals surface area (Å²) in [5.74, 6) is 0.760. The van der Waals surface area contributed by atoms with Gasteiger partial charge in [-0.3, -0.25) is 9.69 Å². The lowest BCUT2D eigenvalue weighted by atomic mass is 10.1. The summed E-state index contributed by atoms with van der Waals surface area (Å²) in [4.78, 5) is 14.9. The third kappa shape index (κ3) is 4.93. The van der Waals surface area contributed by atoms with Crippen molar-refractivity contribution in [1.29, 1.82) is 5.26 Å². The zero-order valence-corrected chi connectivity index (χ0v) is 19.1. The Hall–Kier alpha value is -2.05. The fourth-order valence-corrected chi connectivity index (χ4v) is 4.30. The van der Waals surface area contributed by atoms with E-state index in [0.29, 0.717) is 38.0 Å². The summed E-state index contributed by atoms with van der Waals surface area (Å²) in [5, 5.41) is 9.20. The molecular formula is C20H14BrClN2O3S2. The highest BCUT2D eigenvalue weighted by Gasteiger charge is 2.33. The van der Waals surface area contributed by atoms with E-state index in [1.807, 2.05) is 13.0 Å². The molecule has 0 saturated carbocycles. The molecule has 148 valence electrons. The predicted molar refractivity (Wildman–Crippen MR) is 124 cm³/mol. The molecule has 0 aliphatic carbocycles. The summed E-state index contributed by atoms with van der Waals surface area (Å²) in [7, 11) is 0. The zero-order valence-electron chi connectivity index (χ0n) is 15.1. The first-order chi connectivity index (χ1) is 13.9. The van der Waals surface area contributed by atoms with Crippen LogP contribution in [0.25, 0.3) is 6.08 Å². The Labute approximate surface area is 191 Å². The predicted octanol–water partition coefficient (Wildman–Crippen LogP) is 5.81. The molecule has 0 unspecified atom stereocenters. The SMILES string of the molecule is CCOc1cc(/C=C2\SC(=S)N(c3ccc(Br)c(Cl)c3)C2=O)ccc1OCC#N. The van der Waals surface area contributed by atoms with Gasteiger partial charge in [-0.2, -0.15) is 5.26 Å². The molecule has 1 saturated heterocycles. The van der Waals surface area contributed by atoms with Gasteiger partial charge in [0, 0.05) is 4.47 Å². The van der Waals surface area contributed by atoms with Crippen LogP contribution in [0, 0.1) is 11.3 Å². The molecule has 29 heavy (non-hydrogen) atoms. The van der Waals surface area contributed by atoms with Gasteiger partial charge in [-0.05, 0) is 64.8 Å². The number of thiocarbonyl (C=S) groups is 1. The van der Waals surface area contributed by atoms with E-state index >= 15 is 0 Å². The number of nitrogens with zero attached hydrogens (tertiary/aromatic N) is 2. The van der Waals surface area contributed by atoms with Gasteiger partial charge in [0.25, 0.3) is 5.91 Å². The van der Waals surface area contributed by atoms with Crippen LogP contribution in [0.1, 0.15) is 12.5 Å². The van der Waals surface area contributed by atoms with Gasteiger partial charge in [0.1, 0.15) is 6.07 Å². The number of hydrogen-bond acceptors (Lipinski definition) is 6. The van der Waals surface area contributed by atoms with Crippen molar-refractivity contribution in [3.8, 4) is 17.6 Å². The largest absolute Gasteiger partial charge is 0.490 e. The molecule has 9 heteroatoms. The molecule has 1 aliphatic heterocycles. The number of benzene rings is 2. The minimum absolute atomic E-state index is 0.0756. The molecule has 1 heterocycles. The monoisotopic (exact) mass is 508 g/mol. The van der Waals surface area contributed by atoms with E-state index in [2.05, 4.69) is 15.9 Å². The normalized spacial score (nSPS) is 15.0. The quantitative estimate of drug-likeness (QED) is 0.362. The van der Waals surface area contributed by atoms with Crippen molar-refractivity contribution < 1.29 is 14.3 Å². The van der Waals surface area contributed by atoms with Gasteiger partial charge in [-0.15, -0.1) is 0 Å². The van der Waals surface area contributed by atoms with Crippen LogP contribution in [0.3, 0.4) is 0 Å². The molecule has 2 aromatic rings. The van der Waals surface area contributed by atoms with Crippen molar-refractivity contribution in [2.75, 3.05) is 18.1 Å². The standard InChI is InChI=1S/C20H14BrClN2O3S2/c1-2-26-17-9-12(3-6-16(17)27-8-7-23)10-18-19(25)24(20(28)29-18)13-4-5-14(21)15(22)11-13/h3-6,9-11H,2,8H2,1H3/b18-10-. The summed E-state index contributed by atoms with van der Waals surface area (Å²) in [6, 6.07) is 12.4. The van der Waals surface area contributed by atoms with Gasteiger partial charge in [-0.1, -0.05) is 41.6 Å². The Balaban J connectivity index is 1.89. The molecule has 3 rings (SSSR count). The number of amides is 1. The fraction of sp³-hybridized carbons (Fsp3) is 0.150. The lowest BCUT2D eigenvalue weighted by Gasteiger charge is -2.15. The first-order valence-electron chi connectivity index (χ1n) is 8.44. The van der Waals surface area contributed by atoms with Gasteiger partial charge < -0.3 is 9.47 Å². The van der Waals surface area contributed by atoms with E-state index in [0.717, 1.165) is 10.0 Å². The van der Waals surface area contributed by atoms with Gasteiger partial charge >= 0.3 is 0 Å². The summed E-state index contributed by atoms with van der Waals surface area (Å²) < 4.78 is 12.1. The Bertz CT molecular complexity index is 1050. The van der Waals surface area contributed by atoms with Crippen molar-refractivity contribution in [3.63, 3.8) is 0 Å². The number of thioether (sulfide) groups is 1. The van der Waals surface area contributed by atoms with E-state index in [1.54, 1.807) is 42.5 Å². The van der Waals surface area contributed by atoms with Crippen LogP contribution in [0.2, 0.25) is 5.02 Å². The first kappa shape index (κ1) is 21.7. The smallest absolute Gasteiger partial charge is 0.270 e. The Morgan fingerprint density at radius 2 is 2.07 bits per heavy atom. The Kier molecular flexibility index (Phi) is 7.19. The van der Waals surface area contributed by atoms with Gasteiger partial charge in [0.05, 0.1) is 22.2 Å². The van der Waals surface area contributed by atoms with Crippen molar-refractivity contribution in [3.05, 3.63) is 56.4 Å². The van der Waals surface area contributed by atoms with Crippen molar-refractivity contribution in [2.24, 2.45) is 0 Å². The minimum atomic E-state index is -0.221. The van der Waals surface area contributed by atoms with Crippen LogP contribution < -0.4 is 14.4 Å². The maximum Gasteiger partial charge on any atom is 0.270 e. The third-order valence-corrected chi connectivity index (χ3v) is 6.35. The molecule has 0 bridgehead atoms. The summed E-state index contributed by atoms with van der Waals surface area (Å²) >= 11 is 16.1. The summed E-state index contributed by atoms with van der Waals surface area (Å²) in [6.07, 6.45) is 1.75. The van der Waals surface area contributed by atoms with Crippen LogP contribution >= 0.6 is 51.5 Å². The van der Waals surface area contributed by atoms with E-state index < -0.39 is 0 Å². The number of rotatable bonds is 6. The third-order valence-electron chi connectivity index (χ3n) is 3.81. The molecule has 0 radical (unpaired) electrons. The number of halogens is 2. The van der Waals surface area contributed by atoms with Crippen LogP contribution in [-0.2, 0) is 4.79 Å². The maximum atomic E-state index is 12.9. The number of carbonyl (C=O) groups excluding carboxylic acids is 1. The number of ether oxygens (including phenoxy) is 2.